The van der Waals surface area contributed by atoms with Crippen molar-refractivity contribution in [2.45, 2.75) is 6.92 Å². The van der Waals surface area contributed by atoms with Gasteiger partial charge in [0.1, 0.15) is 11.5 Å². The zero-order valence-corrected chi connectivity index (χ0v) is 20.4. The molecule has 0 heterocycles. The number of hydrazone groups is 1. The van der Waals surface area contributed by atoms with Crippen LogP contribution in [0.5, 0.6) is 11.5 Å². The molecule has 0 saturated heterocycles. The molecule has 0 fully saturated rings. The molecule has 4 aromatic carbocycles. The van der Waals surface area contributed by atoms with Crippen LogP contribution in [0, 0.1) is 0 Å². The van der Waals surface area contributed by atoms with Crippen molar-refractivity contribution in [2.24, 2.45) is 5.10 Å². The van der Waals surface area contributed by atoms with Gasteiger partial charge >= 0.3 is 5.97 Å². The third-order valence-corrected chi connectivity index (χ3v) is 5.41. The summed E-state index contributed by atoms with van der Waals surface area (Å²) in [7, 11) is 0. The summed E-state index contributed by atoms with van der Waals surface area (Å²) in [6, 6.07) is 25.4. The van der Waals surface area contributed by atoms with Gasteiger partial charge in [-0.25, -0.2) is 4.79 Å². The molecule has 0 bridgehead atoms. The molecule has 0 aliphatic carbocycles. The standard InChI is InChI=1S/C27H22ClN3O3S/c1-2-33-22-13-10-19(11-14-22)26(32)34-25-15-12-18-6-3-4-9-23(18)24(25)17-29-31-27(35)30-21-8-5-7-20(28)16-21/h3-17H,2H2,1H3,(H2,30,31,35)/b29-17-. The molecule has 0 aliphatic rings. The maximum Gasteiger partial charge on any atom is 0.343 e. The third-order valence-electron chi connectivity index (χ3n) is 4.98. The quantitative estimate of drug-likeness (QED) is 0.0995. The monoisotopic (exact) mass is 503 g/mol. The first-order valence-corrected chi connectivity index (χ1v) is 11.6. The molecular formula is C27H22ClN3O3S. The second-order valence-electron chi connectivity index (χ2n) is 7.38. The van der Waals surface area contributed by atoms with Gasteiger partial charge in [0.2, 0.25) is 0 Å². The Morgan fingerprint density at radius 3 is 2.60 bits per heavy atom. The molecule has 2 N–H and O–H groups in total. The number of ether oxygens (including phenoxy) is 2. The first-order valence-electron chi connectivity index (χ1n) is 10.9. The molecule has 0 spiro atoms. The first-order chi connectivity index (χ1) is 17.0. The fourth-order valence-corrected chi connectivity index (χ4v) is 3.75. The minimum absolute atomic E-state index is 0.289. The maximum absolute atomic E-state index is 12.8. The summed E-state index contributed by atoms with van der Waals surface area (Å²) in [5.41, 5.74) is 4.57. The molecule has 0 amide bonds. The molecule has 0 aromatic heterocycles. The van der Waals surface area contributed by atoms with Crippen LogP contribution in [0.25, 0.3) is 10.8 Å². The Balaban J connectivity index is 1.54. The lowest BCUT2D eigenvalue weighted by Gasteiger charge is -2.11. The molecule has 176 valence electrons. The zero-order chi connectivity index (χ0) is 24.6. The van der Waals surface area contributed by atoms with E-state index in [0.717, 1.165) is 16.5 Å². The first kappa shape index (κ1) is 24.2. The highest BCUT2D eigenvalue weighted by Crippen LogP contribution is 2.27. The van der Waals surface area contributed by atoms with E-state index in [1.165, 1.54) is 0 Å². The van der Waals surface area contributed by atoms with Crippen molar-refractivity contribution in [3.63, 3.8) is 0 Å². The molecule has 4 aromatic rings. The van der Waals surface area contributed by atoms with Gasteiger partial charge in [-0.3, -0.25) is 5.43 Å². The van der Waals surface area contributed by atoms with Crippen LogP contribution >= 0.6 is 23.8 Å². The lowest BCUT2D eigenvalue weighted by molar-refractivity contribution is 0.0734. The Labute approximate surface area is 213 Å². The van der Waals surface area contributed by atoms with Crippen molar-refractivity contribution < 1.29 is 14.3 Å². The normalized spacial score (nSPS) is 10.8. The minimum Gasteiger partial charge on any atom is -0.494 e. The molecular weight excluding hydrogens is 482 g/mol. The molecule has 6 nitrogen and oxygen atoms in total. The second-order valence-corrected chi connectivity index (χ2v) is 8.22. The van der Waals surface area contributed by atoms with Crippen LogP contribution in [0.15, 0.2) is 90.0 Å². The number of benzene rings is 4. The van der Waals surface area contributed by atoms with Crippen molar-refractivity contribution in [3.8, 4) is 11.5 Å². The highest BCUT2D eigenvalue weighted by atomic mass is 35.5. The number of fused-ring (bicyclic) bond motifs is 1. The molecule has 0 atom stereocenters. The van der Waals surface area contributed by atoms with Crippen molar-refractivity contribution in [1.29, 1.82) is 0 Å². The summed E-state index contributed by atoms with van der Waals surface area (Å²) < 4.78 is 11.2. The summed E-state index contributed by atoms with van der Waals surface area (Å²) in [6.45, 7) is 2.45. The SMILES string of the molecule is CCOc1ccc(C(=O)Oc2ccc3ccccc3c2/C=N\NC(=S)Nc2cccc(Cl)c2)cc1. The number of nitrogens with zero attached hydrogens (tertiary/aromatic N) is 1. The summed E-state index contributed by atoms with van der Waals surface area (Å²) in [5, 5.41) is 10.0. The summed E-state index contributed by atoms with van der Waals surface area (Å²) in [4.78, 5) is 12.8. The van der Waals surface area contributed by atoms with Crippen molar-refractivity contribution in [1.82, 2.24) is 5.43 Å². The molecule has 0 saturated carbocycles. The fourth-order valence-electron chi connectivity index (χ4n) is 3.39. The van der Waals surface area contributed by atoms with E-state index in [1.54, 1.807) is 48.7 Å². The number of nitrogens with one attached hydrogen (secondary N) is 2. The van der Waals surface area contributed by atoms with Crippen LogP contribution in [0.4, 0.5) is 5.69 Å². The van der Waals surface area contributed by atoms with E-state index in [0.29, 0.717) is 34.3 Å². The highest BCUT2D eigenvalue weighted by molar-refractivity contribution is 7.80. The van der Waals surface area contributed by atoms with E-state index in [-0.39, 0.29) is 5.11 Å². The Hall–Kier alpha value is -3.94. The Morgan fingerprint density at radius 2 is 1.83 bits per heavy atom. The largest absolute Gasteiger partial charge is 0.494 e. The van der Waals surface area contributed by atoms with Crippen LogP contribution in [-0.4, -0.2) is 23.9 Å². The van der Waals surface area contributed by atoms with Crippen molar-refractivity contribution in [3.05, 3.63) is 101 Å². The van der Waals surface area contributed by atoms with Crippen LogP contribution in [0.2, 0.25) is 5.02 Å². The molecule has 8 heteroatoms. The molecule has 35 heavy (non-hydrogen) atoms. The number of hydrogen-bond donors (Lipinski definition) is 2. The van der Waals surface area contributed by atoms with Gasteiger partial charge in [0.05, 0.1) is 18.4 Å². The van der Waals surface area contributed by atoms with Crippen molar-refractivity contribution >= 4 is 57.6 Å². The molecule has 0 unspecified atom stereocenters. The second kappa shape index (κ2) is 11.5. The molecule has 0 radical (unpaired) electrons. The van der Waals surface area contributed by atoms with E-state index in [1.807, 2.05) is 49.4 Å². The topological polar surface area (TPSA) is 72.0 Å². The zero-order valence-electron chi connectivity index (χ0n) is 18.8. The predicted octanol–water partition coefficient (Wildman–Crippen LogP) is 6.43. The number of thiocarbonyl (C=S) groups is 1. The van der Waals surface area contributed by atoms with Gasteiger partial charge in [-0.15, -0.1) is 0 Å². The lowest BCUT2D eigenvalue weighted by Crippen LogP contribution is -2.23. The van der Waals surface area contributed by atoms with Crippen molar-refractivity contribution in [2.75, 3.05) is 11.9 Å². The van der Waals surface area contributed by atoms with Gasteiger partial charge < -0.3 is 14.8 Å². The van der Waals surface area contributed by atoms with Gasteiger partial charge in [-0.2, -0.15) is 5.10 Å². The van der Waals surface area contributed by atoms with Crippen LogP contribution in [0.1, 0.15) is 22.8 Å². The number of esters is 1. The number of carbonyl (C=O) groups is 1. The summed E-state index contributed by atoms with van der Waals surface area (Å²) in [6.07, 6.45) is 1.58. The van der Waals surface area contributed by atoms with Gasteiger partial charge in [0.25, 0.3) is 0 Å². The summed E-state index contributed by atoms with van der Waals surface area (Å²) in [5.74, 6) is 0.585. The van der Waals surface area contributed by atoms with Gasteiger partial charge in [-0.1, -0.05) is 48.0 Å². The minimum atomic E-state index is -0.482. The average molecular weight is 504 g/mol. The fraction of sp³-hybridized carbons (Fsp3) is 0.0741. The predicted molar refractivity (Wildman–Crippen MR) is 145 cm³/mol. The Bertz CT molecular complexity index is 1390. The number of carbonyl (C=O) groups excluding carboxylic acids is 1. The number of rotatable bonds is 7. The molecule has 0 aliphatic heterocycles. The number of halogens is 1. The van der Waals surface area contributed by atoms with Crippen LogP contribution in [-0.2, 0) is 0 Å². The number of anilines is 1. The van der Waals surface area contributed by atoms with Gasteiger partial charge in [0.15, 0.2) is 5.11 Å². The smallest absolute Gasteiger partial charge is 0.343 e. The van der Waals surface area contributed by atoms with Crippen LogP contribution in [0.3, 0.4) is 0 Å². The van der Waals surface area contributed by atoms with Crippen LogP contribution < -0.4 is 20.2 Å². The summed E-state index contributed by atoms with van der Waals surface area (Å²) >= 11 is 11.3. The van der Waals surface area contributed by atoms with Gasteiger partial charge in [-0.05, 0) is 78.4 Å². The van der Waals surface area contributed by atoms with Gasteiger partial charge in [0, 0.05) is 16.3 Å². The average Bonchev–Trinajstić information content (AvgIpc) is 2.85. The molecule has 4 rings (SSSR count). The lowest BCUT2D eigenvalue weighted by atomic mass is 10.0. The van der Waals surface area contributed by atoms with E-state index >= 15 is 0 Å². The van der Waals surface area contributed by atoms with E-state index in [2.05, 4.69) is 15.8 Å². The maximum atomic E-state index is 12.8. The third kappa shape index (κ3) is 6.35. The van der Waals surface area contributed by atoms with E-state index in [4.69, 9.17) is 33.3 Å². The van der Waals surface area contributed by atoms with E-state index < -0.39 is 5.97 Å². The van der Waals surface area contributed by atoms with E-state index in [9.17, 15) is 4.79 Å². The Kier molecular flexibility index (Phi) is 7.92. The highest BCUT2D eigenvalue weighted by Gasteiger charge is 2.14. The number of hydrogen-bond acceptors (Lipinski definition) is 5. The Morgan fingerprint density at radius 1 is 1.03 bits per heavy atom.